The lowest BCUT2D eigenvalue weighted by Crippen LogP contribution is -2.38. The van der Waals surface area contributed by atoms with E-state index in [2.05, 4.69) is 16.4 Å². The Morgan fingerprint density at radius 2 is 2.12 bits per heavy atom. The van der Waals surface area contributed by atoms with Gasteiger partial charge in [-0.2, -0.15) is 0 Å². The average molecular weight is 343 g/mol. The van der Waals surface area contributed by atoms with Gasteiger partial charge in [0, 0.05) is 19.0 Å². The largest absolute Gasteiger partial charge is 0.353 e. The number of anilines is 1. The maximum atomic E-state index is 12.4. The minimum Gasteiger partial charge on any atom is -0.353 e. The van der Waals surface area contributed by atoms with E-state index in [1.54, 1.807) is 4.90 Å². The Hall–Kier alpha value is -1.95. The van der Waals surface area contributed by atoms with Crippen LogP contribution in [-0.4, -0.2) is 29.4 Å². The lowest BCUT2D eigenvalue weighted by molar-refractivity contribution is -0.126. The van der Waals surface area contributed by atoms with E-state index in [1.165, 1.54) is 29.7 Å². The van der Waals surface area contributed by atoms with Crippen LogP contribution in [0.25, 0.3) is 10.2 Å². The van der Waals surface area contributed by atoms with E-state index in [0.29, 0.717) is 17.7 Å². The molecule has 2 aromatic rings. The van der Waals surface area contributed by atoms with Crippen molar-refractivity contribution in [2.45, 2.75) is 45.1 Å². The second kappa shape index (κ2) is 6.16. The summed E-state index contributed by atoms with van der Waals surface area (Å²) in [4.78, 5) is 31.1. The van der Waals surface area contributed by atoms with E-state index in [-0.39, 0.29) is 24.2 Å². The van der Waals surface area contributed by atoms with Gasteiger partial charge in [0.05, 0.1) is 16.1 Å². The first-order chi connectivity index (χ1) is 11.6. The quantitative estimate of drug-likeness (QED) is 0.932. The summed E-state index contributed by atoms with van der Waals surface area (Å²) in [5, 5.41) is 3.82. The van der Waals surface area contributed by atoms with Crippen molar-refractivity contribution in [1.82, 2.24) is 10.3 Å². The maximum absolute atomic E-state index is 12.4. The molecule has 2 heterocycles. The first-order valence-corrected chi connectivity index (χ1v) is 9.40. The van der Waals surface area contributed by atoms with Gasteiger partial charge in [0.25, 0.3) is 0 Å². The van der Waals surface area contributed by atoms with Gasteiger partial charge in [0.2, 0.25) is 11.8 Å². The second-order valence-electron chi connectivity index (χ2n) is 6.86. The van der Waals surface area contributed by atoms with Gasteiger partial charge in [-0.1, -0.05) is 30.2 Å². The number of carbonyl (C=O) groups is 2. The van der Waals surface area contributed by atoms with Gasteiger partial charge in [-0.05, 0) is 37.5 Å². The zero-order valence-electron chi connectivity index (χ0n) is 13.7. The molecule has 24 heavy (non-hydrogen) atoms. The van der Waals surface area contributed by atoms with Gasteiger partial charge in [0.1, 0.15) is 0 Å². The fourth-order valence-electron chi connectivity index (χ4n) is 3.59. The van der Waals surface area contributed by atoms with Crippen molar-refractivity contribution in [3.05, 3.63) is 23.8 Å². The Kier molecular flexibility index (Phi) is 4.00. The molecular weight excluding hydrogens is 322 g/mol. The van der Waals surface area contributed by atoms with Crippen molar-refractivity contribution in [3.8, 4) is 0 Å². The number of nitrogens with zero attached hydrogens (tertiary/aromatic N) is 2. The predicted octanol–water partition coefficient (Wildman–Crippen LogP) is 3.02. The standard InChI is InChI=1S/C18H21N3O2S/c1-11-6-7-14-15(8-11)24-18(20-14)21-10-12(9-16(21)22)17(23)19-13-4-2-3-5-13/h6-8,12-13H,2-5,9-10H2,1H3,(H,19,23). The van der Waals surface area contributed by atoms with Crippen LogP contribution in [0, 0.1) is 12.8 Å². The third-order valence-corrected chi connectivity index (χ3v) is 6.00. The van der Waals surface area contributed by atoms with Crippen LogP contribution in [-0.2, 0) is 9.59 Å². The zero-order chi connectivity index (χ0) is 16.7. The van der Waals surface area contributed by atoms with E-state index >= 15 is 0 Å². The van der Waals surface area contributed by atoms with Crippen molar-refractivity contribution in [2.75, 3.05) is 11.4 Å². The highest BCUT2D eigenvalue weighted by molar-refractivity contribution is 7.22. The number of thiazole rings is 1. The van der Waals surface area contributed by atoms with E-state index in [1.807, 2.05) is 19.1 Å². The summed E-state index contributed by atoms with van der Waals surface area (Å²) in [7, 11) is 0. The van der Waals surface area contributed by atoms with E-state index in [9.17, 15) is 9.59 Å². The Bertz CT molecular complexity index is 795. The van der Waals surface area contributed by atoms with Crippen LogP contribution in [0.3, 0.4) is 0 Å². The first kappa shape index (κ1) is 15.6. The van der Waals surface area contributed by atoms with Crippen molar-refractivity contribution >= 4 is 38.5 Å². The molecule has 0 radical (unpaired) electrons. The molecule has 2 amide bonds. The monoisotopic (exact) mass is 343 g/mol. The minimum absolute atomic E-state index is 0.00245. The molecule has 126 valence electrons. The Labute approximate surface area is 145 Å². The number of aryl methyl sites for hydroxylation is 1. The van der Waals surface area contributed by atoms with E-state index < -0.39 is 0 Å². The molecule has 1 aromatic heterocycles. The van der Waals surface area contributed by atoms with Crippen LogP contribution >= 0.6 is 11.3 Å². The van der Waals surface area contributed by atoms with Crippen molar-refractivity contribution in [2.24, 2.45) is 5.92 Å². The molecule has 1 atom stereocenters. The average Bonchev–Trinajstić information content (AvgIpc) is 3.25. The second-order valence-corrected chi connectivity index (χ2v) is 7.87. The topological polar surface area (TPSA) is 62.3 Å². The molecule has 1 unspecified atom stereocenters. The van der Waals surface area contributed by atoms with Gasteiger partial charge in [-0.15, -0.1) is 0 Å². The molecule has 1 N–H and O–H groups in total. The first-order valence-electron chi connectivity index (χ1n) is 8.58. The van der Waals surface area contributed by atoms with Gasteiger partial charge >= 0.3 is 0 Å². The highest BCUT2D eigenvalue weighted by atomic mass is 32.1. The molecule has 1 aliphatic heterocycles. The summed E-state index contributed by atoms with van der Waals surface area (Å²) < 4.78 is 1.08. The van der Waals surface area contributed by atoms with Crippen molar-refractivity contribution in [3.63, 3.8) is 0 Å². The molecule has 4 rings (SSSR count). The van der Waals surface area contributed by atoms with E-state index in [0.717, 1.165) is 23.1 Å². The van der Waals surface area contributed by atoms with Crippen LogP contribution in [0.15, 0.2) is 18.2 Å². The normalized spacial score (nSPS) is 21.8. The summed E-state index contributed by atoms with van der Waals surface area (Å²) in [6.07, 6.45) is 4.78. The van der Waals surface area contributed by atoms with Crippen LogP contribution in [0.5, 0.6) is 0 Å². The number of aromatic nitrogens is 1. The summed E-state index contributed by atoms with van der Waals surface area (Å²) in [5.74, 6) is -0.237. The summed E-state index contributed by atoms with van der Waals surface area (Å²) in [6.45, 7) is 2.49. The number of rotatable bonds is 3. The number of fused-ring (bicyclic) bond motifs is 1. The molecular formula is C18H21N3O2S. The predicted molar refractivity (Wildman–Crippen MR) is 95.2 cm³/mol. The zero-order valence-corrected chi connectivity index (χ0v) is 14.6. The number of nitrogens with one attached hydrogen (secondary N) is 1. The van der Waals surface area contributed by atoms with Crippen LogP contribution in [0.4, 0.5) is 5.13 Å². The third-order valence-electron chi connectivity index (χ3n) is 4.96. The van der Waals surface area contributed by atoms with Gasteiger partial charge in [-0.25, -0.2) is 4.98 Å². The molecule has 2 aliphatic rings. The number of benzene rings is 1. The Morgan fingerprint density at radius 1 is 1.33 bits per heavy atom. The Morgan fingerprint density at radius 3 is 2.92 bits per heavy atom. The van der Waals surface area contributed by atoms with Crippen LogP contribution in [0.2, 0.25) is 0 Å². The molecule has 1 aliphatic carbocycles. The third kappa shape index (κ3) is 2.90. The fraction of sp³-hybridized carbons (Fsp3) is 0.500. The van der Waals surface area contributed by atoms with Gasteiger partial charge in [-0.3, -0.25) is 14.5 Å². The van der Waals surface area contributed by atoms with E-state index in [4.69, 9.17) is 0 Å². The number of hydrogen-bond acceptors (Lipinski definition) is 4. The number of carbonyl (C=O) groups excluding carboxylic acids is 2. The van der Waals surface area contributed by atoms with Crippen LogP contribution < -0.4 is 10.2 Å². The van der Waals surface area contributed by atoms with Crippen LogP contribution in [0.1, 0.15) is 37.7 Å². The highest BCUT2D eigenvalue weighted by Crippen LogP contribution is 2.33. The molecule has 1 saturated heterocycles. The minimum atomic E-state index is -0.258. The van der Waals surface area contributed by atoms with Crippen molar-refractivity contribution in [1.29, 1.82) is 0 Å². The molecule has 0 bridgehead atoms. The summed E-state index contributed by atoms with van der Waals surface area (Å²) in [6, 6.07) is 6.39. The Balaban J connectivity index is 1.49. The fourth-order valence-corrected chi connectivity index (χ4v) is 4.68. The molecule has 2 fully saturated rings. The SMILES string of the molecule is Cc1ccc2nc(N3CC(C(=O)NC4CCCC4)CC3=O)sc2c1. The van der Waals surface area contributed by atoms with Gasteiger partial charge < -0.3 is 5.32 Å². The molecule has 6 heteroatoms. The highest BCUT2D eigenvalue weighted by Gasteiger charge is 2.37. The number of amides is 2. The summed E-state index contributed by atoms with van der Waals surface area (Å²) in [5.41, 5.74) is 2.09. The molecule has 1 aromatic carbocycles. The molecule has 1 saturated carbocycles. The molecule has 0 spiro atoms. The van der Waals surface area contributed by atoms with Gasteiger partial charge in [0.15, 0.2) is 5.13 Å². The number of hydrogen-bond donors (Lipinski definition) is 1. The van der Waals surface area contributed by atoms with Crippen molar-refractivity contribution < 1.29 is 9.59 Å². The molecule has 5 nitrogen and oxygen atoms in total. The smallest absolute Gasteiger partial charge is 0.229 e. The maximum Gasteiger partial charge on any atom is 0.229 e. The lowest BCUT2D eigenvalue weighted by Gasteiger charge is -2.16. The lowest BCUT2D eigenvalue weighted by atomic mass is 10.1. The summed E-state index contributed by atoms with van der Waals surface area (Å²) >= 11 is 1.52.